The number of ether oxygens (including phenoxy) is 2. The first-order valence-corrected chi connectivity index (χ1v) is 11.2. The minimum absolute atomic E-state index is 0.0310. The molecule has 1 saturated heterocycles. The number of halogens is 3. The average molecular weight is 507 g/mol. The number of hydrazine groups is 1. The van der Waals surface area contributed by atoms with Gasteiger partial charge in [-0.3, -0.25) is 0 Å². The molecule has 12 heteroatoms. The molecule has 1 aliphatic heterocycles. The van der Waals surface area contributed by atoms with Gasteiger partial charge in [-0.1, -0.05) is 0 Å². The molecule has 0 aliphatic carbocycles. The van der Waals surface area contributed by atoms with Crippen molar-refractivity contribution in [3.05, 3.63) is 35.5 Å². The van der Waals surface area contributed by atoms with Gasteiger partial charge < -0.3 is 25.1 Å². The summed E-state index contributed by atoms with van der Waals surface area (Å²) in [6, 6.07) is 6.82. The Morgan fingerprint density at radius 2 is 1.94 bits per heavy atom. The fraction of sp³-hybridized carbons (Fsp3) is 0.458. The molecular formula is C24H29F3N6O3. The Balaban J connectivity index is 1.72. The number of amides is 1. The molecule has 0 unspecified atom stereocenters. The minimum atomic E-state index is -4.69. The summed E-state index contributed by atoms with van der Waals surface area (Å²) < 4.78 is 52.3. The third-order valence-corrected chi connectivity index (χ3v) is 5.50. The zero-order valence-electron chi connectivity index (χ0n) is 20.5. The van der Waals surface area contributed by atoms with Crippen LogP contribution in [-0.4, -0.2) is 48.3 Å². The fourth-order valence-corrected chi connectivity index (χ4v) is 3.67. The van der Waals surface area contributed by atoms with Crippen molar-refractivity contribution >= 4 is 17.5 Å². The van der Waals surface area contributed by atoms with Crippen molar-refractivity contribution in [1.82, 2.24) is 9.88 Å². The summed E-state index contributed by atoms with van der Waals surface area (Å²) in [6.45, 7) is 6.31. The number of rotatable bonds is 6. The molecule has 1 aromatic heterocycles. The number of carbonyl (C=O) groups is 1. The molecule has 1 aromatic carbocycles. The Morgan fingerprint density at radius 1 is 1.28 bits per heavy atom. The molecule has 36 heavy (non-hydrogen) atoms. The summed E-state index contributed by atoms with van der Waals surface area (Å²) in [5.74, 6) is 5.54. The fourth-order valence-electron chi connectivity index (χ4n) is 3.67. The van der Waals surface area contributed by atoms with Crippen LogP contribution in [0.15, 0.2) is 24.3 Å². The van der Waals surface area contributed by atoms with E-state index >= 15 is 0 Å². The topological polar surface area (TPSA) is 131 Å². The Bertz CT molecular complexity index is 1170. The molecule has 1 fully saturated rings. The molecule has 2 heterocycles. The predicted molar refractivity (Wildman–Crippen MR) is 128 cm³/mol. The number of nitrogens with two attached hydrogens (primary N) is 2. The molecule has 4 N–H and O–H groups in total. The number of nitriles is 1. The molecule has 0 saturated carbocycles. The van der Waals surface area contributed by atoms with Crippen LogP contribution in [0.4, 0.5) is 29.3 Å². The van der Waals surface area contributed by atoms with Gasteiger partial charge in [0.1, 0.15) is 17.4 Å². The third kappa shape index (κ3) is 6.28. The van der Waals surface area contributed by atoms with E-state index in [4.69, 9.17) is 21.1 Å². The van der Waals surface area contributed by atoms with E-state index in [-0.39, 0.29) is 46.6 Å². The summed E-state index contributed by atoms with van der Waals surface area (Å²) in [6.07, 6.45) is -4.61. The number of hydrogen-bond donors (Lipinski definition) is 2. The lowest BCUT2D eigenvalue weighted by Crippen LogP contribution is -2.51. The maximum atomic E-state index is 13.8. The van der Waals surface area contributed by atoms with E-state index in [0.29, 0.717) is 19.5 Å². The first kappa shape index (κ1) is 26.9. The number of hydrogen-bond acceptors (Lipinski definition) is 8. The second kappa shape index (κ2) is 10.1. The zero-order chi connectivity index (χ0) is 26.8. The number of nitrogen functional groups attached to an aromatic ring is 1. The molecule has 9 nitrogen and oxygen atoms in total. The summed E-state index contributed by atoms with van der Waals surface area (Å²) >= 11 is 0. The second-order valence-electron chi connectivity index (χ2n) is 9.61. The van der Waals surface area contributed by atoms with Gasteiger partial charge in [-0.2, -0.15) is 18.4 Å². The van der Waals surface area contributed by atoms with Gasteiger partial charge in [0.05, 0.1) is 29.2 Å². The van der Waals surface area contributed by atoms with Crippen molar-refractivity contribution in [2.75, 3.05) is 37.5 Å². The molecule has 1 aliphatic rings. The smallest absolute Gasteiger partial charge is 0.419 e. The zero-order valence-corrected chi connectivity index (χ0v) is 20.5. The van der Waals surface area contributed by atoms with E-state index < -0.39 is 23.4 Å². The summed E-state index contributed by atoms with van der Waals surface area (Å²) in [5, 5.41) is 10.5. The number of benzene rings is 1. The van der Waals surface area contributed by atoms with Crippen molar-refractivity contribution in [3.8, 4) is 23.1 Å². The molecular weight excluding hydrogens is 477 g/mol. The highest BCUT2D eigenvalue weighted by Crippen LogP contribution is 2.39. The molecule has 0 atom stereocenters. The van der Waals surface area contributed by atoms with E-state index in [1.807, 2.05) is 6.07 Å². The molecule has 194 valence electrons. The van der Waals surface area contributed by atoms with Crippen molar-refractivity contribution in [3.63, 3.8) is 0 Å². The van der Waals surface area contributed by atoms with Gasteiger partial charge in [-0.25, -0.2) is 15.6 Å². The molecule has 0 radical (unpaired) electrons. The van der Waals surface area contributed by atoms with E-state index in [9.17, 15) is 23.2 Å². The average Bonchev–Trinajstić information content (AvgIpc) is 2.73. The van der Waals surface area contributed by atoms with Crippen LogP contribution < -0.4 is 21.3 Å². The van der Waals surface area contributed by atoms with Crippen LogP contribution in [0.5, 0.6) is 5.75 Å². The van der Waals surface area contributed by atoms with Crippen molar-refractivity contribution in [2.45, 2.75) is 39.0 Å². The normalized spacial score (nSPS) is 14.1. The van der Waals surface area contributed by atoms with Gasteiger partial charge in [-0.15, -0.1) is 0 Å². The van der Waals surface area contributed by atoms with Crippen molar-refractivity contribution in [2.24, 2.45) is 11.8 Å². The van der Waals surface area contributed by atoms with Crippen LogP contribution in [0.25, 0.3) is 11.3 Å². The lowest BCUT2D eigenvalue weighted by atomic mass is 9.97. The SMILES string of the molecule is CN(N)c1cc(-c2ccc(OCCC3CN(C(=O)OC(C)(C)C)C3)c(C(F)(F)F)c2)nc(C#N)c1N. The van der Waals surface area contributed by atoms with Gasteiger partial charge >= 0.3 is 12.3 Å². The standard InChI is InChI=1S/C24H29F3N6O3/c1-23(2,3)36-22(34)33-12-14(13-33)7-8-35-20-6-5-15(9-16(20)24(25,26)27)17-10-19(32(4)30)21(29)18(11-28)31-17/h5-6,9-10,14H,7-8,12-13,29-30H2,1-4H3. The Hall–Kier alpha value is -3.72. The quantitative estimate of drug-likeness (QED) is 0.441. The highest BCUT2D eigenvalue weighted by molar-refractivity contribution is 5.78. The number of anilines is 2. The lowest BCUT2D eigenvalue weighted by Gasteiger charge is -2.39. The van der Waals surface area contributed by atoms with Crippen LogP contribution in [0.2, 0.25) is 0 Å². The van der Waals surface area contributed by atoms with Gasteiger partial charge in [0.15, 0.2) is 5.69 Å². The maximum absolute atomic E-state index is 13.8. The highest BCUT2D eigenvalue weighted by atomic mass is 19.4. The number of aromatic nitrogens is 1. The number of carbonyl (C=O) groups excluding carboxylic acids is 1. The first-order valence-electron chi connectivity index (χ1n) is 11.2. The monoisotopic (exact) mass is 506 g/mol. The third-order valence-electron chi connectivity index (χ3n) is 5.50. The van der Waals surface area contributed by atoms with Gasteiger partial charge in [0.2, 0.25) is 0 Å². The van der Waals surface area contributed by atoms with Crippen LogP contribution in [0, 0.1) is 17.2 Å². The van der Waals surface area contributed by atoms with Crippen LogP contribution in [0.3, 0.4) is 0 Å². The molecule has 0 spiro atoms. The van der Waals surface area contributed by atoms with Crippen LogP contribution in [-0.2, 0) is 10.9 Å². The Morgan fingerprint density at radius 3 is 2.50 bits per heavy atom. The molecule has 1 amide bonds. The summed E-state index contributed by atoms with van der Waals surface area (Å²) in [7, 11) is 1.49. The van der Waals surface area contributed by atoms with Gasteiger partial charge in [-0.05, 0) is 57.4 Å². The van der Waals surface area contributed by atoms with Gasteiger partial charge in [0, 0.05) is 25.7 Å². The van der Waals surface area contributed by atoms with E-state index in [1.54, 1.807) is 25.7 Å². The Kier molecular flexibility index (Phi) is 7.54. The minimum Gasteiger partial charge on any atom is -0.493 e. The summed E-state index contributed by atoms with van der Waals surface area (Å²) in [5.41, 5.74) is 4.70. The van der Waals surface area contributed by atoms with Crippen molar-refractivity contribution < 1.29 is 27.4 Å². The number of likely N-dealkylation sites (tertiary alicyclic amines) is 1. The lowest BCUT2D eigenvalue weighted by molar-refractivity contribution is -0.139. The largest absolute Gasteiger partial charge is 0.493 e. The number of alkyl halides is 3. The molecule has 2 aromatic rings. The Labute approximate surface area is 207 Å². The van der Waals surface area contributed by atoms with E-state index in [0.717, 1.165) is 11.1 Å². The van der Waals surface area contributed by atoms with Crippen LogP contribution >= 0.6 is 0 Å². The summed E-state index contributed by atoms with van der Waals surface area (Å²) in [4.78, 5) is 17.6. The maximum Gasteiger partial charge on any atom is 0.419 e. The molecule has 3 rings (SSSR count). The first-order chi connectivity index (χ1) is 16.7. The highest BCUT2D eigenvalue weighted by Gasteiger charge is 2.36. The van der Waals surface area contributed by atoms with Crippen molar-refractivity contribution in [1.29, 1.82) is 5.26 Å². The number of nitrogens with zero attached hydrogens (tertiary/aromatic N) is 4. The number of pyridine rings is 1. The van der Waals surface area contributed by atoms with E-state index in [2.05, 4.69) is 4.98 Å². The van der Waals surface area contributed by atoms with Crippen LogP contribution in [0.1, 0.15) is 38.4 Å². The van der Waals surface area contributed by atoms with Gasteiger partial charge in [0.25, 0.3) is 0 Å². The van der Waals surface area contributed by atoms with E-state index in [1.165, 1.54) is 25.2 Å². The second-order valence-corrected chi connectivity index (χ2v) is 9.61. The predicted octanol–water partition coefficient (Wildman–Crippen LogP) is 4.17. The molecule has 0 bridgehead atoms.